The summed E-state index contributed by atoms with van der Waals surface area (Å²) in [6, 6.07) is 4.32. The van der Waals surface area contributed by atoms with Crippen LogP contribution in [0.2, 0.25) is 0 Å². The molecule has 0 N–H and O–H groups in total. The van der Waals surface area contributed by atoms with E-state index in [-0.39, 0.29) is 0 Å². The molecule has 1 aromatic heterocycles. The quantitative estimate of drug-likeness (QED) is 0.836. The molecule has 2 aliphatic rings. The maximum absolute atomic E-state index is 2.24. The minimum absolute atomic E-state index is 0.967. The molecule has 0 fully saturated rings. The minimum atomic E-state index is 0.967. The van der Waals surface area contributed by atoms with Crippen LogP contribution in [0.1, 0.15) is 11.4 Å². The highest BCUT2D eigenvalue weighted by atomic mass is 15.1. The summed E-state index contributed by atoms with van der Waals surface area (Å²) in [4.78, 5) is 4.32. The molecule has 124 valence electrons. The fourth-order valence-corrected chi connectivity index (χ4v) is 2.67. The van der Waals surface area contributed by atoms with Crippen LogP contribution in [0.25, 0.3) is 12.2 Å². The Kier molecular flexibility index (Phi) is 4.90. The Labute approximate surface area is 144 Å². The summed E-state index contributed by atoms with van der Waals surface area (Å²) in [5, 5.41) is 0. The second-order valence-corrected chi connectivity index (χ2v) is 6.33. The van der Waals surface area contributed by atoms with Crippen molar-refractivity contribution < 1.29 is 0 Å². The van der Waals surface area contributed by atoms with Gasteiger partial charge in [0.2, 0.25) is 0 Å². The van der Waals surface area contributed by atoms with Crippen molar-refractivity contribution in [2.24, 2.45) is 7.05 Å². The molecule has 0 bridgehead atoms. The molecule has 0 aromatic carbocycles. The molecule has 3 heteroatoms. The van der Waals surface area contributed by atoms with Crippen LogP contribution in [0.5, 0.6) is 0 Å². The van der Waals surface area contributed by atoms with Crippen LogP contribution in [-0.2, 0) is 7.05 Å². The summed E-state index contributed by atoms with van der Waals surface area (Å²) in [6.07, 6.45) is 21.7. The van der Waals surface area contributed by atoms with Gasteiger partial charge in [0.25, 0.3) is 0 Å². The van der Waals surface area contributed by atoms with Crippen molar-refractivity contribution >= 4 is 12.2 Å². The average Bonchev–Trinajstić information content (AvgIpc) is 2.94. The van der Waals surface area contributed by atoms with E-state index in [1.165, 1.54) is 22.5 Å². The van der Waals surface area contributed by atoms with Gasteiger partial charge in [0.15, 0.2) is 0 Å². The first-order valence-electron chi connectivity index (χ1n) is 8.31. The van der Waals surface area contributed by atoms with Crippen LogP contribution in [0, 0.1) is 0 Å². The molecule has 2 aliphatic heterocycles. The monoisotopic (exact) mass is 319 g/mol. The Hall–Kier alpha value is -2.68. The summed E-state index contributed by atoms with van der Waals surface area (Å²) in [6.45, 7) is 1.93. The maximum atomic E-state index is 2.24. The molecule has 24 heavy (non-hydrogen) atoms. The van der Waals surface area contributed by atoms with Crippen LogP contribution in [0.15, 0.2) is 72.1 Å². The Bertz CT molecular complexity index is 706. The van der Waals surface area contributed by atoms with E-state index in [0.29, 0.717) is 0 Å². The molecule has 0 radical (unpaired) electrons. The van der Waals surface area contributed by atoms with Crippen LogP contribution in [0.4, 0.5) is 0 Å². The zero-order chi connectivity index (χ0) is 16.9. The predicted octanol–water partition coefficient (Wildman–Crippen LogP) is 3.82. The smallest absolute Gasteiger partial charge is 0.0409 e. The Morgan fingerprint density at radius 1 is 0.708 bits per heavy atom. The molecule has 0 unspecified atom stereocenters. The fraction of sp³-hybridized carbons (Fsp3) is 0.238. The molecule has 0 saturated carbocycles. The van der Waals surface area contributed by atoms with Crippen molar-refractivity contribution in [3.05, 3.63) is 83.5 Å². The first kappa shape index (κ1) is 16.2. The van der Waals surface area contributed by atoms with Gasteiger partial charge in [-0.1, -0.05) is 24.3 Å². The zero-order valence-electron chi connectivity index (χ0n) is 14.7. The summed E-state index contributed by atoms with van der Waals surface area (Å²) < 4.78 is 2.21. The number of likely N-dealkylation sites (N-methyl/N-ethyl adjacent to an activating group) is 2. The molecule has 0 spiro atoms. The largest absolute Gasteiger partial charge is 0.377 e. The van der Waals surface area contributed by atoms with E-state index in [1.807, 2.05) is 0 Å². The van der Waals surface area contributed by atoms with Gasteiger partial charge in [-0.3, -0.25) is 0 Å². The van der Waals surface area contributed by atoms with Gasteiger partial charge in [-0.05, 0) is 60.0 Å². The highest BCUT2D eigenvalue weighted by molar-refractivity contribution is 5.59. The van der Waals surface area contributed by atoms with Gasteiger partial charge in [-0.15, -0.1) is 0 Å². The van der Waals surface area contributed by atoms with E-state index >= 15 is 0 Å². The van der Waals surface area contributed by atoms with E-state index in [0.717, 1.165) is 13.1 Å². The fourth-order valence-electron chi connectivity index (χ4n) is 2.67. The van der Waals surface area contributed by atoms with E-state index in [4.69, 9.17) is 0 Å². The van der Waals surface area contributed by atoms with Gasteiger partial charge in [0.1, 0.15) is 0 Å². The Morgan fingerprint density at radius 3 is 1.54 bits per heavy atom. The summed E-state index contributed by atoms with van der Waals surface area (Å²) in [7, 11) is 6.27. The third-order valence-corrected chi connectivity index (χ3v) is 4.37. The Balaban J connectivity index is 1.68. The molecular formula is C21H25N3. The SMILES string of the molecule is CN1C=CC(C=Cc2ccc(C=CC3=CCN(C)C=C3)n2C)=CC1. The first-order valence-corrected chi connectivity index (χ1v) is 8.31. The number of hydrogen-bond acceptors (Lipinski definition) is 2. The summed E-state index contributed by atoms with van der Waals surface area (Å²) >= 11 is 0. The molecule has 0 aliphatic carbocycles. The van der Waals surface area contributed by atoms with Gasteiger partial charge < -0.3 is 14.4 Å². The van der Waals surface area contributed by atoms with Crippen molar-refractivity contribution in [3.63, 3.8) is 0 Å². The molecule has 3 nitrogen and oxygen atoms in total. The van der Waals surface area contributed by atoms with Gasteiger partial charge in [-0.25, -0.2) is 0 Å². The standard InChI is InChI=1S/C21H25N3/c1-22-14-10-18(11-15-22)4-6-20-8-9-21(24(20)3)7-5-19-12-16-23(2)17-13-19/h4-14,16H,15,17H2,1-3H3. The van der Waals surface area contributed by atoms with E-state index in [2.05, 4.69) is 109 Å². The molecule has 0 atom stereocenters. The molecule has 1 aromatic rings. The first-order chi connectivity index (χ1) is 11.6. The highest BCUT2D eigenvalue weighted by Crippen LogP contribution is 2.15. The van der Waals surface area contributed by atoms with Gasteiger partial charge in [0.05, 0.1) is 0 Å². The van der Waals surface area contributed by atoms with E-state index in [9.17, 15) is 0 Å². The third-order valence-electron chi connectivity index (χ3n) is 4.37. The van der Waals surface area contributed by atoms with Crippen LogP contribution >= 0.6 is 0 Å². The van der Waals surface area contributed by atoms with Crippen LogP contribution in [0.3, 0.4) is 0 Å². The van der Waals surface area contributed by atoms with Crippen molar-refractivity contribution in [3.8, 4) is 0 Å². The molecule has 3 heterocycles. The van der Waals surface area contributed by atoms with Crippen molar-refractivity contribution in [1.29, 1.82) is 0 Å². The van der Waals surface area contributed by atoms with Crippen molar-refractivity contribution in [1.82, 2.24) is 14.4 Å². The Morgan fingerprint density at radius 2 is 1.17 bits per heavy atom. The van der Waals surface area contributed by atoms with E-state index in [1.54, 1.807) is 0 Å². The number of rotatable bonds is 4. The van der Waals surface area contributed by atoms with Gasteiger partial charge >= 0.3 is 0 Å². The van der Waals surface area contributed by atoms with Crippen LogP contribution in [-0.4, -0.2) is 41.6 Å². The third kappa shape index (κ3) is 3.99. The normalized spacial score (nSPS) is 18.0. The second-order valence-electron chi connectivity index (χ2n) is 6.33. The zero-order valence-corrected chi connectivity index (χ0v) is 14.7. The predicted molar refractivity (Wildman–Crippen MR) is 103 cm³/mol. The van der Waals surface area contributed by atoms with Crippen LogP contribution < -0.4 is 0 Å². The highest BCUT2D eigenvalue weighted by Gasteiger charge is 2.02. The number of aromatic nitrogens is 1. The lowest BCUT2D eigenvalue weighted by atomic mass is 10.1. The molecule has 3 rings (SSSR count). The minimum Gasteiger partial charge on any atom is -0.377 e. The second kappa shape index (κ2) is 7.26. The molecular weight excluding hydrogens is 294 g/mol. The van der Waals surface area contributed by atoms with Gasteiger partial charge in [-0.2, -0.15) is 0 Å². The lowest BCUT2D eigenvalue weighted by Crippen LogP contribution is -2.13. The summed E-state index contributed by atoms with van der Waals surface area (Å²) in [5.74, 6) is 0. The average molecular weight is 319 g/mol. The lowest BCUT2D eigenvalue weighted by molar-refractivity contribution is 0.503. The number of allylic oxidation sites excluding steroid dienone is 6. The topological polar surface area (TPSA) is 11.4 Å². The van der Waals surface area contributed by atoms with Crippen molar-refractivity contribution in [2.75, 3.05) is 27.2 Å². The summed E-state index contributed by atoms with van der Waals surface area (Å²) in [5.41, 5.74) is 4.92. The maximum Gasteiger partial charge on any atom is 0.0409 e. The molecule has 0 saturated heterocycles. The number of hydrogen-bond donors (Lipinski definition) is 0. The number of nitrogens with zero attached hydrogens (tertiary/aromatic N) is 3. The lowest BCUT2D eigenvalue weighted by Gasteiger charge is -2.15. The molecule has 0 amide bonds. The van der Waals surface area contributed by atoms with E-state index < -0.39 is 0 Å². The van der Waals surface area contributed by atoms with Gasteiger partial charge in [0, 0.05) is 45.6 Å². The van der Waals surface area contributed by atoms with Crippen molar-refractivity contribution in [2.45, 2.75) is 0 Å².